The summed E-state index contributed by atoms with van der Waals surface area (Å²) >= 11 is 1.84. The summed E-state index contributed by atoms with van der Waals surface area (Å²) in [5, 5.41) is 0.317. The number of carbonyl (C=O) groups excluding carboxylic acids is 1. The van der Waals surface area contributed by atoms with Crippen LogP contribution in [0.3, 0.4) is 0 Å². The first-order valence-electron chi connectivity index (χ1n) is 5.18. The van der Waals surface area contributed by atoms with E-state index in [1.54, 1.807) is 0 Å². The molecule has 15 heavy (non-hydrogen) atoms. The monoisotopic (exact) mass is 221 g/mol. The van der Waals surface area contributed by atoms with Crippen molar-refractivity contribution in [3.05, 3.63) is 35.4 Å². The van der Waals surface area contributed by atoms with E-state index in [-0.39, 0.29) is 5.91 Å². The number of hydrogen-bond donors (Lipinski definition) is 0. The minimum Gasteiger partial charge on any atom is -0.326 e. The van der Waals surface area contributed by atoms with Crippen LogP contribution >= 0.6 is 11.8 Å². The zero-order chi connectivity index (χ0) is 10.8. The molecule has 1 fully saturated rings. The fourth-order valence-electron chi connectivity index (χ4n) is 1.83. The zero-order valence-electron chi connectivity index (χ0n) is 9.06. The van der Waals surface area contributed by atoms with Crippen LogP contribution in [-0.2, 0) is 0 Å². The van der Waals surface area contributed by atoms with E-state index < -0.39 is 0 Å². The lowest BCUT2D eigenvalue weighted by Crippen LogP contribution is -2.33. The van der Waals surface area contributed by atoms with E-state index in [9.17, 15) is 4.79 Å². The van der Waals surface area contributed by atoms with Crippen LogP contribution in [0.25, 0.3) is 0 Å². The van der Waals surface area contributed by atoms with Crippen LogP contribution in [0.1, 0.15) is 22.8 Å². The Kier molecular flexibility index (Phi) is 3.00. The molecule has 1 amide bonds. The summed E-state index contributed by atoms with van der Waals surface area (Å²) in [6.07, 6.45) is 0. The SMILES string of the molecule is Cc1ccccc1C(=O)N1CCSC1C. The zero-order valence-corrected chi connectivity index (χ0v) is 9.88. The Morgan fingerprint density at radius 2 is 2.20 bits per heavy atom. The topological polar surface area (TPSA) is 20.3 Å². The summed E-state index contributed by atoms with van der Waals surface area (Å²) in [6.45, 7) is 4.95. The highest BCUT2D eigenvalue weighted by Gasteiger charge is 2.26. The fourth-order valence-corrected chi connectivity index (χ4v) is 2.85. The average Bonchev–Trinajstić information content (AvgIpc) is 2.64. The third-order valence-electron chi connectivity index (χ3n) is 2.77. The van der Waals surface area contributed by atoms with Crippen molar-refractivity contribution in [1.82, 2.24) is 4.90 Å². The molecule has 2 nitrogen and oxygen atoms in total. The van der Waals surface area contributed by atoms with Crippen molar-refractivity contribution in [2.45, 2.75) is 19.2 Å². The van der Waals surface area contributed by atoms with Gasteiger partial charge in [-0.2, -0.15) is 0 Å². The van der Waals surface area contributed by atoms with Crippen LogP contribution < -0.4 is 0 Å². The van der Waals surface area contributed by atoms with Gasteiger partial charge in [-0.25, -0.2) is 0 Å². The number of carbonyl (C=O) groups is 1. The molecule has 1 saturated heterocycles. The van der Waals surface area contributed by atoms with Gasteiger partial charge < -0.3 is 4.90 Å². The highest BCUT2D eigenvalue weighted by molar-refractivity contribution is 8.00. The molecule has 1 aromatic rings. The van der Waals surface area contributed by atoms with Crippen LogP contribution in [-0.4, -0.2) is 28.5 Å². The van der Waals surface area contributed by atoms with E-state index in [0.29, 0.717) is 5.37 Å². The molecule has 0 radical (unpaired) electrons. The maximum atomic E-state index is 12.2. The molecule has 0 bridgehead atoms. The highest BCUT2D eigenvalue weighted by atomic mass is 32.2. The third kappa shape index (κ3) is 2.02. The lowest BCUT2D eigenvalue weighted by molar-refractivity contribution is 0.0768. The highest BCUT2D eigenvalue weighted by Crippen LogP contribution is 2.25. The normalized spacial score (nSPS) is 20.7. The first-order valence-corrected chi connectivity index (χ1v) is 6.23. The van der Waals surface area contributed by atoms with Crippen molar-refractivity contribution in [1.29, 1.82) is 0 Å². The van der Waals surface area contributed by atoms with Crippen molar-refractivity contribution in [2.75, 3.05) is 12.3 Å². The number of nitrogens with zero attached hydrogens (tertiary/aromatic N) is 1. The Labute approximate surface area is 94.7 Å². The first kappa shape index (κ1) is 10.6. The van der Waals surface area contributed by atoms with E-state index in [0.717, 1.165) is 23.4 Å². The van der Waals surface area contributed by atoms with Crippen molar-refractivity contribution in [2.24, 2.45) is 0 Å². The largest absolute Gasteiger partial charge is 0.326 e. The number of rotatable bonds is 1. The Morgan fingerprint density at radius 3 is 2.80 bits per heavy atom. The van der Waals surface area contributed by atoms with Crippen molar-refractivity contribution < 1.29 is 4.79 Å². The van der Waals surface area contributed by atoms with Gasteiger partial charge in [-0.3, -0.25) is 4.79 Å². The molecule has 1 aliphatic heterocycles. The Morgan fingerprint density at radius 1 is 1.47 bits per heavy atom. The number of benzene rings is 1. The maximum absolute atomic E-state index is 12.2. The summed E-state index contributed by atoms with van der Waals surface area (Å²) in [6, 6.07) is 7.79. The average molecular weight is 221 g/mol. The Bertz CT molecular complexity index is 378. The van der Waals surface area contributed by atoms with E-state index >= 15 is 0 Å². The summed E-state index contributed by atoms with van der Waals surface area (Å²) in [5.41, 5.74) is 1.90. The van der Waals surface area contributed by atoms with Gasteiger partial charge in [-0.15, -0.1) is 11.8 Å². The minimum atomic E-state index is 0.172. The van der Waals surface area contributed by atoms with Gasteiger partial charge in [-0.1, -0.05) is 18.2 Å². The van der Waals surface area contributed by atoms with Crippen molar-refractivity contribution >= 4 is 17.7 Å². The van der Waals surface area contributed by atoms with Gasteiger partial charge in [0.2, 0.25) is 0 Å². The third-order valence-corrected chi connectivity index (χ3v) is 3.92. The molecular formula is C12H15NOS. The van der Waals surface area contributed by atoms with Crippen LogP contribution in [0.4, 0.5) is 0 Å². The number of aryl methyl sites for hydroxylation is 1. The smallest absolute Gasteiger partial charge is 0.255 e. The predicted octanol–water partition coefficient (Wildman–Crippen LogP) is 2.53. The van der Waals surface area contributed by atoms with Crippen LogP contribution in [0.15, 0.2) is 24.3 Å². The summed E-state index contributed by atoms with van der Waals surface area (Å²) in [5.74, 6) is 1.23. The van der Waals surface area contributed by atoms with Gasteiger partial charge in [0, 0.05) is 17.9 Å². The molecule has 80 valence electrons. The van der Waals surface area contributed by atoms with Gasteiger partial charge in [0.1, 0.15) is 0 Å². The quantitative estimate of drug-likeness (QED) is 0.726. The second-order valence-corrected chi connectivity index (χ2v) is 5.21. The molecule has 0 spiro atoms. The number of hydrogen-bond acceptors (Lipinski definition) is 2. The standard InChI is InChI=1S/C12H15NOS/c1-9-5-3-4-6-11(9)12(14)13-7-8-15-10(13)2/h3-6,10H,7-8H2,1-2H3. The van der Waals surface area contributed by atoms with E-state index in [1.165, 1.54) is 0 Å². The Hall–Kier alpha value is -0.960. The number of thioether (sulfide) groups is 1. The lowest BCUT2D eigenvalue weighted by atomic mass is 10.1. The molecule has 0 N–H and O–H groups in total. The minimum absolute atomic E-state index is 0.172. The molecular weight excluding hydrogens is 206 g/mol. The first-order chi connectivity index (χ1) is 7.20. The van der Waals surface area contributed by atoms with Gasteiger partial charge in [0.15, 0.2) is 0 Å². The predicted molar refractivity (Wildman–Crippen MR) is 64.1 cm³/mol. The van der Waals surface area contributed by atoms with E-state index in [2.05, 4.69) is 6.92 Å². The van der Waals surface area contributed by atoms with Crippen LogP contribution in [0.2, 0.25) is 0 Å². The molecule has 0 aromatic heterocycles. The molecule has 1 heterocycles. The van der Waals surface area contributed by atoms with E-state index in [1.807, 2.05) is 47.9 Å². The maximum Gasteiger partial charge on any atom is 0.255 e. The molecule has 1 atom stereocenters. The van der Waals surface area contributed by atoms with Crippen molar-refractivity contribution in [3.63, 3.8) is 0 Å². The van der Waals surface area contributed by atoms with Gasteiger partial charge in [0.25, 0.3) is 5.91 Å². The summed E-state index contributed by atoms with van der Waals surface area (Å²) < 4.78 is 0. The molecule has 1 unspecified atom stereocenters. The molecule has 3 heteroatoms. The van der Waals surface area contributed by atoms with E-state index in [4.69, 9.17) is 0 Å². The second kappa shape index (κ2) is 4.27. The summed E-state index contributed by atoms with van der Waals surface area (Å²) in [7, 11) is 0. The molecule has 1 aliphatic rings. The van der Waals surface area contributed by atoms with Gasteiger partial charge in [0.05, 0.1) is 5.37 Å². The fraction of sp³-hybridized carbons (Fsp3) is 0.417. The van der Waals surface area contributed by atoms with Gasteiger partial charge in [-0.05, 0) is 25.5 Å². The number of amides is 1. The van der Waals surface area contributed by atoms with Crippen LogP contribution in [0, 0.1) is 6.92 Å². The molecule has 1 aromatic carbocycles. The van der Waals surface area contributed by atoms with Crippen molar-refractivity contribution in [3.8, 4) is 0 Å². The Balaban J connectivity index is 2.24. The molecule has 0 aliphatic carbocycles. The lowest BCUT2D eigenvalue weighted by Gasteiger charge is -2.21. The van der Waals surface area contributed by atoms with Gasteiger partial charge >= 0.3 is 0 Å². The summed E-state index contributed by atoms with van der Waals surface area (Å²) in [4.78, 5) is 14.1. The molecule has 2 rings (SSSR count). The molecule has 0 saturated carbocycles. The second-order valence-electron chi connectivity index (χ2n) is 3.78. The van der Waals surface area contributed by atoms with Crippen LogP contribution in [0.5, 0.6) is 0 Å².